The molecule has 0 aliphatic carbocycles. The van der Waals surface area contributed by atoms with Crippen molar-refractivity contribution in [3.05, 3.63) is 48.0 Å². The van der Waals surface area contributed by atoms with Gasteiger partial charge in [-0.3, -0.25) is 4.79 Å². The van der Waals surface area contributed by atoms with Crippen LogP contribution in [0, 0.1) is 11.8 Å². The first-order valence-electron chi connectivity index (χ1n) is 9.53. The SMILES string of the molecule is C[C@H](CNC(=O)CC1CCN(C)CC1)Cc1cccc2ccccc12. The first-order valence-corrected chi connectivity index (χ1v) is 9.53. The number of hydrogen-bond donors (Lipinski definition) is 1. The summed E-state index contributed by atoms with van der Waals surface area (Å²) in [5, 5.41) is 5.78. The van der Waals surface area contributed by atoms with E-state index < -0.39 is 0 Å². The second kappa shape index (κ2) is 8.48. The summed E-state index contributed by atoms with van der Waals surface area (Å²) in [6.07, 6.45) is 3.98. The molecule has 0 bridgehead atoms. The van der Waals surface area contributed by atoms with Gasteiger partial charge in [-0.2, -0.15) is 0 Å². The van der Waals surface area contributed by atoms with Crippen molar-refractivity contribution in [2.45, 2.75) is 32.6 Å². The Balaban J connectivity index is 1.47. The van der Waals surface area contributed by atoms with E-state index in [0.717, 1.165) is 38.9 Å². The van der Waals surface area contributed by atoms with E-state index >= 15 is 0 Å². The number of carbonyl (C=O) groups excluding carboxylic acids is 1. The van der Waals surface area contributed by atoms with Crippen LogP contribution in [0.3, 0.4) is 0 Å². The summed E-state index contributed by atoms with van der Waals surface area (Å²) in [6.45, 7) is 5.22. The third-order valence-electron chi connectivity index (χ3n) is 5.41. The van der Waals surface area contributed by atoms with Gasteiger partial charge >= 0.3 is 0 Å². The molecule has 2 aromatic carbocycles. The van der Waals surface area contributed by atoms with Gasteiger partial charge in [0.25, 0.3) is 0 Å². The Morgan fingerprint density at radius 1 is 1.16 bits per heavy atom. The average molecular weight is 338 g/mol. The lowest BCUT2D eigenvalue weighted by molar-refractivity contribution is -0.122. The van der Waals surface area contributed by atoms with Crippen molar-refractivity contribution < 1.29 is 4.79 Å². The summed E-state index contributed by atoms with van der Waals surface area (Å²) in [5.41, 5.74) is 1.37. The molecule has 1 saturated heterocycles. The van der Waals surface area contributed by atoms with E-state index in [0.29, 0.717) is 18.3 Å². The quantitative estimate of drug-likeness (QED) is 0.867. The molecule has 1 fully saturated rings. The highest BCUT2D eigenvalue weighted by Gasteiger charge is 2.19. The number of benzene rings is 2. The van der Waals surface area contributed by atoms with E-state index in [4.69, 9.17) is 0 Å². The number of fused-ring (bicyclic) bond motifs is 1. The van der Waals surface area contributed by atoms with E-state index in [-0.39, 0.29) is 5.91 Å². The Hall–Kier alpha value is -1.87. The molecule has 1 aliphatic rings. The number of likely N-dealkylation sites (tertiary alicyclic amines) is 1. The minimum absolute atomic E-state index is 0.222. The van der Waals surface area contributed by atoms with Crippen molar-refractivity contribution >= 4 is 16.7 Å². The zero-order valence-electron chi connectivity index (χ0n) is 15.5. The Kier molecular flexibility index (Phi) is 6.09. The number of carbonyl (C=O) groups is 1. The highest BCUT2D eigenvalue weighted by molar-refractivity contribution is 5.85. The second-order valence-electron chi connectivity index (χ2n) is 7.70. The molecule has 0 radical (unpaired) electrons. The van der Waals surface area contributed by atoms with Crippen molar-refractivity contribution in [1.82, 2.24) is 10.2 Å². The fourth-order valence-corrected chi connectivity index (χ4v) is 3.81. The summed E-state index contributed by atoms with van der Waals surface area (Å²) < 4.78 is 0. The number of nitrogens with zero attached hydrogens (tertiary/aromatic N) is 1. The van der Waals surface area contributed by atoms with Gasteiger partial charge in [-0.15, -0.1) is 0 Å². The van der Waals surface area contributed by atoms with Gasteiger partial charge in [-0.05, 0) is 67.6 Å². The normalized spacial score (nSPS) is 17.5. The molecule has 3 rings (SSSR count). The van der Waals surface area contributed by atoms with Crippen LogP contribution >= 0.6 is 0 Å². The van der Waals surface area contributed by atoms with Gasteiger partial charge < -0.3 is 10.2 Å². The summed E-state index contributed by atoms with van der Waals surface area (Å²) >= 11 is 0. The molecule has 1 amide bonds. The van der Waals surface area contributed by atoms with E-state index in [9.17, 15) is 4.79 Å². The minimum atomic E-state index is 0.222. The maximum absolute atomic E-state index is 12.2. The fraction of sp³-hybridized carbons (Fsp3) is 0.500. The van der Waals surface area contributed by atoms with Crippen LogP contribution < -0.4 is 5.32 Å². The first-order chi connectivity index (χ1) is 12.1. The van der Waals surface area contributed by atoms with Crippen LogP contribution in [0.2, 0.25) is 0 Å². The smallest absolute Gasteiger partial charge is 0.220 e. The Labute approximate surface area is 151 Å². The van der Waals surface area contributed by atoms with E-state index in [1.54, 1.807) is 0 Å². The van der Waals surface area contributed by atoms with Crippen LogP contribution in [0.25, 0.3) is 10.8 Å². The third kappa shape index (κ3) is 5.05. The molecule has 3 nitrogen and oxygen atoms in total. The first kappa shape index (κ1) is 17.9. The van der Waals surface area contributed by atoms with Gasteiger partial charge in [0.2, 0.25) is 5.91 Å². The Morgan fingerprint density at radius 2 is 1.88 bits per heavy atom. The number of piperidine rings is 1. The summed E-state index contributed by atoms with van der Waals surface area (Å²) in [5.74, 6) is 1.22. The molecular formula is C22H30N2O. The molecule has 1 atom stereocenters. The number of nitrogens with one attached hydrogen (secondary N) is 1. The van der Waals surface area contributed by atoms with Crippen LogP contribution in [0.4, 0.5) is 0 Å². The lowest BCUT2D eigenvalue weighted by atomic mass is 9.93. The average Bonchev–Trinajstić information content (AvgIpc) is 2.62. The van der Waals surface area contributed by atoms with Crippen molar-refractivity contribution in [1.29, 1.82) is 0 Å². The van der Waals surface area contributed by atoms with Crippen LogP contribution in [0.15, 0.2) is 42.5 Å². The van der Waals surface area contributed by atoms with Gasteiger partial charge in [0.05, 0.1) is 0 Å². The van der Waals surface area contributed by atoms with Gasteiger partial charge in [0.15, 0.2) is 0 Å². The van der Waals surface area contributed by atoms with Gasteiger partial charge in [0, 0.05) is 13.0 Å². The van der Waals surface area contributed by atoms with Crippen molar-refractivity contribution in [3.8, 4) is 0 Å². The summed E-state index contributed by atoms with van der Waals surface area (Å²) in [6, 6.07) is 15.0. The predicted octanol–water partition coefficient (Wildman–Crippen LogP) is 3.87. The Bertz CT molecular complexity index is 699. The molecule has 0 aromatic heterocycles. The molecule has 0 unspecified atom stereocenters. The summed E-state index contributed by atoms with van der Waals surface area (Å²) in [4.78, 5) is 14.6. The fourth-order valence-electron chi connectivity index (χ4n) is 3.81. The maximum Gasteiger partial charge on any atom is 0.220 e. The van der Waals surface area contributed by atoms with Crippen molar-refractivity contribution in [2.75, 3.05) is 26.7 Å². The topological polar surface area (TPSA) is 32.3 Å². The molecule has 1 aliphatic heterocycles. The standard InChI is InChI=1S/C22H30N2O/c1-17(14-20-8-5-7-19-6-3-4-9-21(19)20)16-23-22(25)15-18-10-12-24(2)13-11-18/h3-9,17-18H,10-16H2,1-2H3,(H,23,25)/t17-/m0/s1. The van der Waals surface area contributed by atoms with Gasteiger partial charge in [-0.25, -0.2) is 0 Å². The number of hydrogen-bond acceptors (Lipinski definition) is 2. The molecular weight excluding hydrogens is 308 g/mol. The largest absolute Gasteiger partial charge is 0.356 e. The van der Waals surface area contributed by atoms with Crippen molar-refractivity contribution in [3.63, 3.8) is 0 Å². The van der Waals surface area contributed by atoms with Crippen LogP contribution in [0.1, 0.15) is 31.7 Å². The monoisotopic (exact) mass is 338 g/mol. The van der Waals surface area contributed by atoms with Crippen LogP contribution in [0.5, 0.6) is 0 Å². The minimum Gasteiger partial charge on any atom is -0.356 e. The third-order valence-corrected chi connectivity index (χ3v) is 5.41. The predicted molar refractivity (Wildman–Crippen MR) is 105 cm³/mol. The lowest BCUT2D eigenvalue weighted by Crippen LogP contribution is -2.35. The van der Waals surface area contributed by atoms with E-state index in [1.165, 1.54) is 16.3 Å². The lowest BCUT2D eigenvalue weighted by Gasteiger charge is -2.28. The van der Waals surface area contributed by atoms with Crippen LogP contribution in [-0.4, -0.2) is 37.5 Å². The van der Waals surface area contributed by atoms with Crippen molar-refractivity contribution in [2.24, 2.45) is 11.8 Å². The highest BCUT2D eigenvalue weighted by atomic mass is 16.1. The molecule has 25 heavy (non-hydrogen) atoms. The molecule has 0 spiro atoms. The van der Waals surface area contributed by atoms with Crippen LogP contribution in [-0.2, 0) is 11.2 Å². The molecule has 3 heteroatoms. The number of amides is 1. The zero-order valence-corrected chi connectivity index (χ0v) is 15.5. The molecule has 1 N–H and O–H groups in total. The Morgan fingerprint density at radius 3 is 2.68 bits per heavy atom. The second-order valence-corrected chi connectivity index (χ2v) is 7.70. The highest BCUT2D eigenvalue weighted by Crippen LogP contribution is 2.22. The molecule has 2 aromatic rings. The molecule has 134 valence electrons. The molecule has 1 heterocycles. The van der Waals surface area contributed by atoms with Gasteiger partial charge in [0.1, 0.15) is 0 Å². The van der Waals surface area contributed by atoms with E-state index in [1.807, 2.05) is 0 Å². The maximum atomic E-state index is 12.2. The van der Waals surface area contributed by atoms with E-state index in [2.05, 4.69) is 66.7 Å². The van der Waals surface area contributed by atoms with Gasteiger partial charge in [-0.1, -0.05) is 49.4 Å². The summed E-state index contributed by atoms with van der Waals surface area (Å²) in [7, 11) is 2.16. The zero-order chi connectivity index (χ0) is 17.6. The number of rotatable bonds is 6. The molecule has 0 saturated carbocycles.